The lowest BCUT2D eigenvalue weighted by atomic mass is 9.53. The SMILES string of the molecule is CN1CC[C@]23c4c5ccc(O[C@@H]6O[C@H](CO)[C@@H](O)[C@H](O)[C@H]6O)c4OC2C(O)C=C[C@H]3[C@H]1C5. The third-order valence-corrected chi connectivity index (χ3v) is 8.23. The lowest BCUT2D eigenvalue weighted by Gasteiger charge is -2.56. The van der Waals surface area contributed by atoms with Gasteiger partial charge >= 0.3 is 0 Å². The van der Waals surface area contributed by atoms with Crippen LogP contribution in [0.5, 0.6) is 11.5 Å². The molecule has 1 aromatic rings. The first-order valence-corrected chi connectivity index (χ1v) is 11.2. The van der Waals surface area contributed by atoms with Crippen LogP contribution in [0.4, 0.5) is 0 Å². The minimum absolute atomic E-state index is 0.214. The van der Waals surface area contributed by atoms with Crippen molar-refractivity contribution >= 4 is 0 Å². The molecule has 1 aromatic carbocycles. The van der Waals surface area contributed by atoms with Gasteiger partial charge < -0.3 is 44.6 Å². The molecule has 0 saturated carbocycles. The molecule has 9 heteroatoms. The van der Waals surface area contributed by atoms with Crippen molar-refractivity contribution in [3.8, 4) is 11.5 Å². The van der Waals surface area contributed by atoms with Gasteiger partial charge in [-0.15, -0.1) is 0 Å². The fraction of sp³-hybridized carbons (Fsp3) is 0.652. The number of hydrogen-bond acceptors (Lipinski definition) is 9. The molecule has 6 rings (SSSR count). The summed E-state index contributed by atoms with van der Waals surface area (Å²) >= 11 is 0. The van der Waals surface area contributed by atoms with E-state index < -0.39 is 49.5 Å². The molecule has 9 nitrogen and oxygen atoms in total. The number of nitrogens with zero attached hydrogens (tertiary/aromatic N) is 1. The molecule has 0 aromatic heterocycles. The van der Waals surface area contributed by atoms with Gasteiger partial charge in [-0.2, -0.15) is 0 Å². The van der Waals surface area contributed by atoms with Crippen molar-refractivity contribution in [2.75, 3.05) is 20.2 Å². The number of likely N-dealkylation sites (tertiary alicyclic amines) is 1. The van der Waals surface area contributed by atoms with Crippen molar-refractivity contribution in [1.29, 1.82) is 0 Å². The zero-order valence-corrected chi connectivity index (χ0v) is 17.7. The van der Waals surface area contributed by atoms with Crippen molar-refractivity contribution in [3.05, 3.63) is 35.4 Å². The van der Waals surface area contributed by atoms with E-state index in [4.69, 9.17) is 14.2 Å². The largest absolute Gasteiger partial charge is 0.482 e. The molecule has 2 bridgehead atoms. The van der Waals surface area contributed by atoms with Crippen LogP contribution in [0, 0.1) is 5.92 Å². The highest BCUT2D eigenvalue weighted by Crippen LogP contribution is 2.62. The maximum absolute atomic E-state index is 10.8. The Bertz CT molecular complexity index is 952. The van der Waals surface area contributed by atoms with Crippen LogP contribution < -0.4 is 9.47 Å². The lowest BCUT2D eigenvalue weighted by molar-refractivity contribution is -0.277. The van der Waals surface area contributed by atoms with Crippen molar-refractivity contribution < 1.29 is 39.7 Å². The van der Waals surface area contributed by atoms with E-state index >= 15 is 0 Å². The highest BCUT2D eigenvalue weighted by molar-refractivity contribution is 5.62. The number of piperidine rings is 1. The van der Waals surface area contributed by atoms with E-state index in [-0.39, 0.29) is 11.3 Å². The van der Waals surface area contributed by atoms with Gasteiger partial charge in [0.2, 0.25) is 6.29 Å². The number of likely N-dealkylation sites (N-methyl/N-ethyl adjacent to an activating group) is 1. The Hall–Kier alpha value is -1.72. The smallest absolute Gasteiger partial charge is 0.229 e. The zero-order chi connectivity index (χ0) is 22.4. The Labute approximate surface area is 185 Å². The highest BCUT2D eigenvalue weighted by Gasteiger charge is 2.64. The standard InChI is InChI=1S/C23H29NO8/c1-24-7-6-23-11-3-4-13(26)21(23)32-20-14(5-2-10(16(20)23)8-12(11)24)30-22-19(29)18(28)17(27)15(9-25)31-22/h2-5,11-13,15,17-19,21-22,25-29H,6-9H2,1H3/t11-,12+,13?,15+,17+,18-,19+,21?,22+,23-/m0/s1. The number of hydrogen-bond donors (Lipinski definition) is 5. The van der Waals surface area contributed by atoms with Gasteiger partial charge in [-0.25, -0.2) is 0 Å². The molecule has 174 valence electrons. The summed E-state index contributed by atoms with van der Waals surface area (Å²) < 4.78 is 17.9. The van der Waals surface area contributed by atoms with E-state index in [1.165, 1.54) is 5.56 Å². The molecule has 3 heterocycles. The molecule has 2 fully saturated rings. The number of aliphatic hydroxyl groups is 5. The number of rotatable bonds is 3. The molecule has 2 unspecified atom stereocenters. The molecule has 0 radical (unpaired) electrons. The number of benzene rings is 1. The molecule has 32 heavy (non-hydrogen) atoms. The van der Waals surface area contributed by atoms with Crippen LogP contribution in [0.25, 0.3) is 0 Å². The molecule has 5 aliphatic rings. The molecule has 10 atom stereocenters. The van der Waals surface area contributed by atoms with Gasteiger partial charge in [0.05, 0.1) is 6.61 Å². The number of aliphatic hydroxyl groups excluding tert-OH is 5. The van der Waals surface area contributed by atoms with Crippen LogP contribution in [0.1, 0.15) is 17.5 Å². The Morgan fingerprint density at radius 2 is 1.94 bits per heavy atom. The summed E-state index contributed by atoms with van der Waals surface area (Å²) in [5, 5.41) is 50.9. The predicted octanol–water partition coefficient (Wildman–Crippen LogP) is -1.33. The number of ether oxygens (including phenoxy) is 3. The van der Waals surface area contributed by atoms with Crippen LogP contribution in [0.15, 0.2) is 24.3 Å². The minimum Gasteiger partial charge on any atom is -0.482 e. The molecule has 2 aliphatic carbocycles. The lowest BCUT2D eigenvalue weighted by Crippen LogP contribution is -2.64. The summed E-state index contributed by atoms with van der Waals surface area (Å²) in [7, 11) is 2.14. The molecule has 5 N–H and O–H groups in total. The fourth-order valence-electron chi connectivity index (χ4n) is 6.61. The Kier molecular flexibility index (Phi) is 4.65. The first-order valence-electron chi connectivity index (χ1n) is 11.2. The average Bonchev–Trinajstić information content (AvgIpc) is 3.14. The van der Waals surface area contributed by atoms with Gasteiger partial charge in [0.15, 0.2) is 11.5 Å². The van der Waals surface area contributed by atoms with E-state index in [0.717, 1.165) is 24.9 Å². The molecule has 2 saturated heterocycles. The van der Waals surface area contributed by atoms with E-state index in [9.17, 15) is 25.5 Å². The zero-order valence-electron chi connectivity index (χ0n) is 17.7. The normalized spacial score (nSPS) is 46.5. The summed E-state index contributed by atoms with van der Waals surface area (Å²) in [5.74, 6) is 1.10. The van der Waals surface area contributed by atoms with Gasteiger partial charge in [0.1, 0.15) is 36.6 Å². The maximum atomic E-state index is 10.8. The maximum Gasteiger partial charge on any atom is 0.229 e. The third kappa shape index (κ3) is 2.58. The highest BCUT2D eigenvalue weighted by atomic mass is 16.7. The van der Waals surface area contributed by atoms with E-state index in [0.29, 0.717) is 17.5 Å². The third-order valence-electron chi connectivity index (χ3n) is 8.23. The van der Waals surface area contributed by atoms with Crippen LogP contribution in [0.3, 0.4) is 0 Å². The Morgan fingerprint density at radius 3 is 2.72 bits per heavy atom. The van der Waals surface area contributed by atoms with E-state index in [1.54, 1.807) is 6.07 Å². The van der Waals surface area contributed by atoms with E-state index in [2.05, 4.69) is 18.0 Å². The first kappa shape index (κ1) is 20.9. The van der Waals surface area contributed by atoms with Crippen LogP contribution in [0.2, 0.25) is 0 Å². The van der Waals surface area contributed by atoms with Gasteiger partial charge in [-0.3, -0.25) is 0 Å². The van der Waals surface area contributed by atoms with Crippen molar-refractivity contribution in [2.24, 2.45) is 5.92 Å². The van der Waals surface area contributed by atoms with Crippen LogP contribution in [-0.4, -0.2) is 99.6 Å². The van der Waals surface area contributed by atoms with Crippen LogP contribution >= 0.6 is 0 Å². The van der Waals surface area contributed by atoms with Gasteiger partial charge in [0.25, 0.3) is 0 Å². The molecule has 3 aliphatic heterocycles. The molecule has 0 amide bonds. The predicted molar refractivity (Wildman–Crippen MR) is 110 cm³/mol. The Balaban J connectivity index is 1.41. The molecule has 1 spiro atoms. The average molecular weight is 447 g/mol. The van der Waals surface area contributed by atoms with Crippen molar-refractivity contribution in [3.63, 3.8) is 0 Å². The first-order chi connectivity index (χ1) is 15.4. The van der Waals surface area contributed by atoms with E-state index in [1.807, 2.05) is 12.1 Å². The fourth-order valence-corrected chi connectivity index (χ4v) is 6.61. The minimum atomic E-state index is -1.52. The second kappa shape index (κ2) is 7.14. The second-order valence-corrected chi connectivity index (χ2v) is 9.72. The topological polar surface area (TPSA) is 132 Å². The second-order valence-electron chi connectivity index (χ2n) is 9.72. The molecular formula is C23H29NO8. The summed E-state index contributed by atoms with van der Waals surface area (Å²) in [4.78, 5) is 2.38. The van der Waals surface area contributed by atoms with Crippen molar-refractivity contribution in [2.45, 2.75) is 67.2 Å². The Morgan fingerprint density at radius 1 is 1.12 bits per heavy atom. The summed E-state index contributed by atoms with van der Waals surface area (Å²) in [6.45, 7) is 0.371. The van der Waals surface area contributed by atoms with Gasteiger partial charge in [-0.1, -0.05) is 18.2 Å². The quantitative estimate of drug-likeness (QED) is 0.358. The van der Waals surface area contributed by atoms with Gasteiger partial charge in [-0.05, 0) is 38.1 Å². The summed E-state index contributed by atoms with van der Waals surface area (Å²) in [5.41, 5.74) is 1.88. The van der Waals surface area contributed by atoms with Gasteiger partial charge in [0, 0.05) is 22.9 Å². The molecular weight excluding hydrogens is 418 g/mol. The monoisotopic (exact) mass is 447 g/mol. The van der Waals surface area contributed by atoms with Crippen molar-refractivity contribution in [1.82, 2.24) is 4.90 Å². The van der Waals surface area contributed by atoms with Crippen LogP contribution in [-0.2, 0) is 16.6 Å². The summed E-state index contributed by atoms with van der Waals surface area (Å²) in [6.07, 6.45) is -2.34. The summed E-state index contributed by atoms with van der Waals surface area (Å²) in [6, 6.07) is 4.09.